The minimum Gasteiger partial charge on any atom is -0.469 e. The number of esters is 1. The van der Waals surface area contributed by atoms with Crippen LogP contribution in [0.25, 0.3) is 0 Å². The predicted molar refractivity (Wildman–Crippen MR) is 54.6 cm³/mol. The molecule has 1 aromatic heterocycles. The molecule has 0 aliphatic carbocycles. The highest BCUT2D eigenvalue weighted by Crippen LogP contribution is 2.12. The number of aromatic nitrogens is 1. The fraction of sp³-hybridized carbons (Fsp3) is 0.429. The fourth-order valence-electron chi connectivity index (χ4n) is 0.712. The molecule has 0 fully saturated rings. The summed E-state index contributed by atoms with van der Waals surface area (Å²) in [5.74, 6) is 0.118. The Labute approximate surface area is 91.5 Å². The quantitative estimate of drug-likeness (QED) is 0.601. The van der Waals surface area contributed by atoms with E-state index in [1.54, 1.807) is 0 Å². The van der Waals surface area contributed by atoms with Gasteiger partial charge in [0.25, 0.3) is 0 Å². The van der Waals surface area contributed by atoms with Gasteiger partial charge in [0.15, 0.2) is 0 Å². The number of alkyl halides is 1. The van der Waals surface area contributed by atoms with E-state index in [-0.39, 0.29) is 24.8 Å². The SMILES string of the molecule is COC(=O)Cc1csc(CCl)n1.Cl. The Hall–Kier alpha value is -0.320. The lowest BCUT2D eigenvalue weighted by molar-refractivity contribution is -0.139. The summed E-state index contributed by atoms with van der Waals surface area (Å²) >= 11 is 6.99. The minimum atomic E-state index is -0.276. The van der Waals surface area contributed by atoms with E-state index in [2.05, 4.69) is 9.72 Å². The number of halogens is 2. The molecule has 0 spiro atoms. The van der Waals surface area contributed by atoms with Crippen LogP contribution < -0.4 is 0 Å². The van der Waals surface area contributed by atoms with Crippen LogP contribution in [0.2, 0.25) is 0 Å². The Morgan fingerprint density at radius 1 is 1.77 bits per heavy atom. The lowest BCUT2D eigenvalue weighted by Gasteiger charge is -1.93. The van der Waals surface area contributed by atoms with Crippen molar-refractivity contribution in [2.75, 3.05) is 7.11 Å². The van der Waals surface area contributed by atoms with Crippen LogP contribution in [0.1, 0.15) is 10.7 Å². The maximum atomic E-state index is 10.8. The van der Waals surface area contributed by atoms with Gasteiger partial charge in [-0.05, 0) is 0 Å². The van der Waals surface area contributed by atoms with Crippen LogP contribution in [0.3, 0.4) is 0 Å². The standard InChI is InChI=1S/C7H8ClNO2S.ClH/c1-11-7(10)2-5-4-12-6(3-8)9-5;/h4H,2-3H2,1H3;1H. The van der Waals surface area contributed by atoms with Gasteiger partial charge in [-0.2, -0.15) is 0 Å². The zero-order chi connectivity index (χ0) is 8.97. The molecule has 1 heterocycles. The van der Waals surface area contributed by atoms with Crippen LogP contribution in [-0.2, 0) is 21.8 Å². The Morgan fingerprint density at radius 2 is 2.46 bits per heavy atom. The second-order valence-corrected chi connectivity index (χ2v) is 3.33. The molecular formula is C7H9Cl2NO2S. The number of hydrogen-bond donors (Lipinski definition) is 0. The van der Waals surface area contributed by atoms with Crippen molar-refractivity contribution in [2.45, 2.75) is 12.3 Å². The van der Waals surface area contributed by atoms with Crippen molar-refractivity contribution in [1.82, 2.24) is 4.98 Å². The summed E-state index contributed by atoms with van der Waals surface area (Å²) in [6, 6.07) is 0. The Bertz CT molecular complexity index is 277. The highest BCUT2D eigenvalue weighted by Gasteiger charge is 2.06. The molecule has 0 saturated heterocycles. The van der Waals surface area contributed by atoms with Gasteiger partial charge in [0.1, 0.15) is 5.01 Å². The molecule has 0 N–H and O–H groups in total. The van der Waals surface area contributed by atoms with E-state index in [9.17, 15) is 4.79 Å². The monoisotopic (exact) mass is 241 g/mol. The Morgan fingerprint density at radius 3 is 2.92 bits per heavy atom. The topological polar surface area (TPSA) is 39.2 Å². The summed E-state index contributed by atoms with van der Waals surface area (Å²) < 4.78 is 4.49. The zero-order valence-electron chi connectivity index (χ0n) is 6.95. The van der Waals surface area contributed by atoms with E-state index in [0.29, 0.717) is 5.88 Å². The molecule has 1 rings (SSSR count). The van der Waals surface area contributed by atoms with Gasteiger partial charge < -0.3 is 4.74 Å². The largest absolute Gasteiger partial charge is 0.469 e. The molecule has 0 saturated carbocycles. The Balaban J connectivity index is 0.00000144. The number of carbonyl (C=O) groups is 1. The van der Waals surface area contributed by atoms with Gasteiger partial charge in [-0.3, -0.25) is 4.79 Å². The average Bonchev–Trinajstić information content (AvgIpc) is 2.52. The van der Waals surface area contributed by atoms with Crippen molar-refractivity contribution >= 4 is 41.3 Å². The second kappa shape index (κ2) is 6.18. The van der Waals surface area contributed by atoms with Gasteiger partial charge in [-0.15, -0.1) is 35.3 Å². The van der Waals surface area contributed by atoms with Gasteiger partial charge in [-0.25, -0.2) is 4.98 Å². The van der Waals surface area contributed by atoms with Crippen LogP contribution in [0, 0.1) is 0 Å². The Kier molecular flexibility index (Phi) is 6.03. The number of nitrogens with zero attached hydrogens (tertiary/aromatic N) is 1. The lowest BCUT2D eigenvalue weighted by atomic mass is 10.3. The molecule has 6 heteroatoms. The summed E-state index contributed by atoms with van der Waals surface area (Å²) in [7, 11) is 1.36. The molecule has 0 atom stereocenters. The lowest BCUT2D eigenvalue weighted by Crippen LogP contribution is -2.04. The van der Waals surface area contributed by atoms with Crippen molar-refractivity contribution in [3.8, 4) is 0 Å². The number of methoxy groups -OCH3 is 1. The van der Waals surface area contributed by atoms with Crippen LogP contribution in [0.15, 0.2) is 5.38 Å². The van der Waals surface area contributed by atoms with Crippen molar-refractivity contribution in [1.29, 1.82) is 0 Å². The summed E-state index contributed by atoms with van der Waals surface area (Å²) in [6.07, 6.45) is 0.226. The molecule has 1 aromatic rings. The minimum absolute atomic E-state index is 0. The molecule has 0 bridgehead atoms. The first-order valence-corrected chi connectivity index (χ1v) is 4.73. The van der Waals surface area contributed by atoms with Gasteiger partial charge in [0.2, 0.25) is 0 Å². The van der Waals surface area contributed by atoms with Crippen molar-refractivity contribution in [2.24, 2.45) is 0 Å². The first-order chi connectivity index (χ1) is 5.76. The molecule has 74 valence electrons. The van der Waals surface area contributed by atoms with Gasteiger partial charge in [0.05, 0.1) is 25.1 Å². The van der Waals surface area contributed by atoms with Gasteiger partial charge in [-0.1, -0.05) is 0 Å². The predicted octanol–water partition coefficient (Wildman–Crippen LogP) is 2.02. The van der Waals surface area contributed by atoms with Gasteiger partial charge in [0, 0.05) is 5.38 Å². The highest BCUT2D eigenvalue weighted by atomic mass is 35.5. The summed E-state index contributed by atoms with van der Waals surface area (Å²) in [6.45, 7) is 0. The number of hydrogen-bond acceptors (Lipinski definition) is 4. The third-order valence-corrected chi connectivity index (χ3v) is 2.58. The number of ether oxygens (including phenoxy) is 1. The fourth-order valence-corrected chi connectivity index (χ4v) is 1.60. The first kappa shape index (κ1) is 12.7. The summed E-state index contributed by atoms with van der Waals surface area (Å²) in [5, 5.41) is 2.64. The van der Waals surface area contributed by atoms with Crippen LogP contribution >= 0.6 is 35.3 Å². The zero-order valence-corrected chi connectivity index (χ0v) is 9.34. The molecule has 3 nitrogen and oxygen atoms in total. The molecule has 0 amide bonds. The third kappa shape index (κ3) is 3.93. The number of thiazole rings is 1. The van der Waals surface area contributed by atoms with E-state index >= 15 is 0 Å². The normalized spacial score (nSPS) is 9.08. The van der Waals surface area contributed by atoms with Crippen LogP contribution in [-0.4, -0.2) is 18.1 Å². The maximum Gasteiger partial charge on any atom is 0.311 e. The van der Waals surface area contributed by atoms with Crippen molar-refractivity contribution in [3.63, 3.8) is 0 Å². The maximum absolute atomic E-state index is 10.8. The third-order valence-electron chi connectivity index (χ3n) is 1.27. The molecule has 0 radical (unpaired) electrons. The number of carbonyl (C=O) groups excluding carboxylic acids is 1. The van der Waals surface area contributed by atoms with Crippen molar-refractivity contribution < 1.29 is 9.53 Å². The number of rotatable bonds is 3. The van der Waals surface area contributed by atoms with E-state index in [1.807, 2.05) is 5.38 Å². The van der Waals surface area contributed by atoms with E-state index in [0.717, 1.165) is 10.7 Å². The first-order valence-electron chi connectivity index (χ1n) is 3.32. The smallest absolute Gasteiger partial charge is 0.311 e. The highest BCUT2D eigenvalue weighted by molar-refractivity contribution is 7.09. The second-order valence-electron chi connectivity index (χ2n) is 2.12. The molecule has 0 aromatic carbocycles. The van der Waals surface area contributed by atoms with E-state index < -0.39 is 0 Å². The average molecular weight is 242 g/mol. The summed E-state index contributed by atoms with van der Waals surface area (Å²) in [4.78, 5) is 14.9. The molecular weight excluding hydrogens is 233 g/mol. The van der Waals surface area contributed by atoms with Crippen molar-refractivity contribution in [3.05, 3.63) is 16.1 Å². The van der Waals surface area contributed by atoms with Crippen LogP contribution in [0.4, 0.5) is 0 Å². The van der Waals surface area contributed by atoms with E-state index in [4.69, 9.17) is 11.6 Å². The molecule has 13 heavy (non-hydrogen) atoms. The summed E-state index contributed by atoms with van der Waals surface area (Å²) in [5.41, 5.74) is 0.725. The van der Waals surface area contributed by atoms with E-state index in [1.165, 1.54) is 18.4 Å². The van der Waals surface area contributed by atoms with Gasteiger partial charge >= 0.3 is 5.97 Å². The molecule has 0 aliphatic heterocycles. The molecule has 0 unspecified atom stereocenters. The van der Waals surface area contributed by atoms with Crippen LogP contribution in [0.5, 0.6) is 0 Å². The molecule has 0 aliphatic rings.